The first-order chi connectivity index (χ1) is 5.33. The molecule has 1 rings (SSSR count). The molecule has 0 aliphatic heterocycles. The normalized spacial score (nSPS) is 10.0. The van der Waals surface area contributed by atoms with Gasteiger partial charge in [-0.2, -0.15) is 0 Å². The SMILES string of the molecule is CCCC[n+]1ccc(Br)cc1. The summed E-state index contributed by atoms with van der Waals surface area (Å²) in [5.41, 5.74) is 0. The second kappa shape index (κ2) is 4.50. The fraction of sp³-hybridized carbons (Fsp3) is 0.444. The van der Waals surface area contributed by atoms with Gasteiger partial charge in [-0.3, -0.25) is 0 Å². The Morgan fingerprint density at radius 2 is 2.00 bits per heavy atom. The average molecular weight is 215 g/mol. The van der Waals surface area contributed by atoms with Crippen molar-refractivity contribution in [1.82, 2.24) is 0 Å². The van der Waals surface area contributed by atoms with Crippen LogP contribution in [0.3, 0.4) is 0 Å². The smallest absolute Gasteiger partial charge is 0.169 e. The van der Waals surface area contributed by atoms with Crippen LogP contribution < -0.4 is 4.57 Å². The minimum absolute atomic E-state index is 1.13. The maximum atomic E-state index is 3.40. The molecule has 2 heteroatoms. The number of rotatable bonds is 3. The van der Waals surface area contributed by atoms with Crippen molar-refractivity contribution in [3.63, 3.8) is 0 Å². The Bertz CT molecular complexity index is 205. The summed E-state index contributed by atoms with van der Waals surface area (Å²) in [5, 5.41) is 0. The number of halogens is 1. The van der Waals surface area contributed by atoms with Crippen molar-refractivity contribution in [2.24, 2.45) is 0 Å². The van der Waals surface area contributed by atoms with Gasteiger partial charge in [-0.1, -0.05) is 29.3 Å². The number of aryl methyl sites for hydroxylation is 1. The van der Waals surface area contributed by atoms with Crippen molar-refractivity contribution < 1.29 is 4.57 Å². The van der Waals surface area contributed by atoms with Crippen molar-refractivity contribution in [2.75, 3.05) is 0 Å². The summed E-state index contributed by atoms with van der Waals surface area (Å²) in [4.78, 5) is 0. The second-order valence-electron chi connectivity index (χ2n) is 2.61. The summed E-state index contributed by atoms with van der Waals surface area (Å²) < 4.78 is 3.35. The molecule has 11 heavy (non-hydrogen) atoms. The lowest BCUT2D eigenvalue weighted by Crippen LogP contribution is -2.32. The van der Waals surface area contributed by atoms with Gasteiger partial charge in [0.2, 0.25) is 0 Å². The van der Waals surface area contributed by atoms with E-state index in [1.807, 2.05) is 0 Å². The van der Waals surface area contributed by atoms with E-state index in [2.05, 4.69) is 51.9 Å². The van der Waals surface area contributed by atoms with Gasteiger partial charge in [0.05, 0.1) is 0 Å². The van der Waals surface area contributed by atoms with Gasteiger partial charge in [-0.15, -0.1) is 0 Å². The van der Waals surface area contributed by atoms with Crippen LogP contribution >= 0.6 is 15.9 Å². The molecule has 1 nitrogen and oxygen atoms in total. The van der Waals surface area contributed by atoms with Gasteiger partial charge in [-0.25, -0.2) is 4.57 Å². The van der Waals surface area contributed by atoms with Crippen LogP contribution in [0.15, 0.2) is 29.0 Å². The topological polar surface area (TPSA) is 3.88 Å². The fourth-order valence-electron chi connectivity index (χ4n) is 0.929. The van der Waals surface area contributed by atoms with E-state index in [1.165, 1.54) is 12.8 Å². The minimum atomic E-state index is 1.13. The van der Waals surface area contributed by atoms with E-state index in [0.29, 0.717) is 0 Å². The zero-order valence-electron chi connectivity index (χ0n) is 6.76. The van der Waals surface area contributed by atoms with Gasteiger partial charge in [-0.05, 0) is 0 Å². The number of pyridine rings is 1. The van der Waals surface area contributed by atoms with E-state index >= 15 is 0 Å². The molecule has 0 aromatic carbocycles. The summed E-state index contributed by atoms with van der Waals surface area (Å²) in [6, 6.07) is 4.13. The molecule has 0 amide bonds. The van der Waals surface area contributed by atoms with Crippen molar-refractivity contribution in [1.29, 1.82) is 0 Å². The first-order valence-electron chi connectivity index (χ1n) is 3.97. The van der Waals surface area contributed by atoms with Crippen LogP contribution in [0.5, 0.6) is 0 Å². The van der Waals surface area contributed by atoms with Gasteiger partial charge in [0, 0.05) is 23.0 Å². The van der Waals surface area contributed by atoms with E-state index in [1.54, 1.807) is 0 Å². The third kappa shape index (κ3) is 3.02. The van der Waals surface area contributed by atoms with E-state index in [0.717, 1.165) is 11.0 Å². The second-order valence-corrected chi connectivity index (χ2v) is 3.52. The Hall–Kier alpha value is -0.370. The van der Waals surface area contributed by atoms with Gasteiger partial charge in [0.15, 0.2) is 12.4 Å². The van der Waals surface area contributed by atoms with Gasteiger partial charge >= 0.3 is 0 Å². The Labute approximate surface area is 76.2 Å². The molecule has 1 aromatic heterocycles. The van der Waals surface area contributed by atoms with Gasteiger partial charge < -0.3 is 0 Å². The van der Waals surface area contributed by atoms with Crippen molar-refractivity contribution in [3.8, 4) is 0 Å². The molecule has 0 spiro atoms. The van der Waals surface area contributed by atoms with E-state index in [9.17, 15) is 0 Å². The quantitative estimate of drug-likeness (QED) is 0.682. The minimum Gasteiger partial charge on any atom is -0.205 e. The molecule has 0 unspecified atom stereocenters. The molecule has 0 saturated heterocycles. The van der Waals surface area contributed by atoms with Crippen molar-refractivity contribution in [3.05, 3.63) is 29.0 Å². The maximum absolute atomic E-state index is 3.40. The van der Waals surface area contributed by atoms with Crippen molar-refractivity contribution >= 4 is 15.9 Å². The van der Waals surface area contributed by atoms with Crippen LogP contribution in [-0.4, -0.2) is 0 Å². The maximum Gasteiger partial charge on any atom is 0.169 e. The standard InChI is InChI=1S/C9H13BrN/c1-2-3-6-11-7-4-9(10)5-8-11/h4-5,7-8H,2-3,6H2,1H3/q+1. The molecule has 0 aliphatic rings. The first-order valence-corrected chi connectivity index (χ1v) is 4.77. The first kappa shape index (κ1) is 8.72. The highest BCUT2D eigenvalue weighted by molar-refractivity contribution is 9.10. The Morgan fingerprint density at radius 1 is 1.36 bits per heavy atom. The molecule has 0 N–H and O–H groups in total. The molecule has 0 fully saturated rings. The Balaban J connectivity index is 2.52. The summed E-state index contributed by atoms with van der Waals surface area (Å²) >= 11 is 3.40. The lowest BCUT2D eigenvalue weighted by Gasteiger charge is -1.93. The summed E-state index contributed by atoms with van der Waals surface area (Å²) in [6.45, 7) is 3.34. The number of aromatic nitrogens is 1. The molecule has 0 bridgehead atoms. The molecule has 1 heterocycles. The molecule has 0 atom stereocenters. The molecule has 0 aliphatic carbocycles. The monoisotopic (exact) mass is 214 g/mol. The third-order valence-corrected chi connectivity index (χ3v) is 2.15. The zero-order valence-corrected chi connectivity index (χ0v) is 8.34. The average Bonchev–Trinajstić information content (AvgIpc) is 2.04. The largest absolute Gasteiger partial charge is 0.205 e. The third-order valence-electron chi connectivity index (χ3n) is 1.62. The molecule has 0 saturated carbocycles. The Kier molecular flexibility index (Phi) is 3.57. The lowest BCUT2D eigenvalue weighted by molar-refractivity contribution is -0.697. The lowest BCUT2D eigenvalue weighted by atomic mass is 10.3. The van der Waals surface area contributed by atoms with Gasteiger partial charge in [0.25, 0.3) is 0 Å². The highest BCUT2D eigenvalue weighted by atomic mass is 79.9. The summed E-state index contributed by atoms with van der Waals surface area (Å²) in [7, 11) is 0. The van der Waals surface area contributed by atoms with Crippen LogP contribution in [0.1, 0.15) is 19.8 Å². The molecule has 0 radical (unpaired) electrons. The number of hydrogen-bond acceptors (Lipinski definition) is 0. The predicted molar refractivity (Wildman–Crippen MR) is 49.2 cm³/mol. The van der Waals surface area contributed by atoms with Crippen molar-refractivity contribution in [2.45, 2.75) is 26.3 Å². The van der Waals surface area contributed by atoms with E-state index < -0.39 is 0 Å². The summed E-state index contributed by atoms with van der Waals surface area (Å²) in [5.74, 6) is 0. The zero-order chi connectivity index (χ0) is 8.10. The molecule has 1 aromatic rings. The summed E-state index contributed by atoms with van der Waals surface area (Å²) in [6.07, 6.45) is 6.70. The van der Waals surface area contributed by atoms with Crippen LogP contribution in [-0.2, 0) is 6.54 Å². The van der Waals surface area contributed by atoms with Gasteiger partial charge in [0.1, 0.15) is 6.54 Å². The number of unbranched alkanes of at least 4 members (excludes halogenated alkanes) is 1. The fourth-order valence-corrected chi connectivity index (χ4v) is 1.17. The predicted octanol–water partition coefficient (Wildman–Crippen LogP) is 2.54. The highest BCUT2D eigenvalue weighted by Crippen LogP contribution is 2.03. The van der Waals surface area contributed by atoms with Crippen LogP contribution in [0.25, 0.3) is 0 Å². The van der Waals surface area contributed by atoms with E-state index in [4.69, 9.17) is 0 Å². The number of nitrogens with zero attached hydrogens (tertiary/aromatic N) is 1. The van der Waals surface area contributed by atoms with E-state index in [-0.39, 0.29) is 0 Å². The molecular formula is C9H13BrN+. The van der Waals surface area contributed by atoms with Crippen LogP contribution in [0.2, 0.25) is 0 Å². The molecule has 60 valence electrons. The molecular weight excluding hydrogens is 202 g/mol. The van der Waals surface area contributed by atoms with Crippen LogP contribution in [0, 0.1) is 0 Å². The Morgan fingerprint density at radius 3 is 2.55 bits per heavy atom. The van der Waals surface area contributed by atoms with Crippen LogP contribution in [0.4, 0.5) is 0 Å². The number of hydrogen-bond donors (Lipinski definition) is 0. The highest BCUT2D eigenvalue weighted by Gasteiger charge is 1.96.